The average Bonchev–Trinajstić information content (AvgIpc) is 3.46. The van der Waals surface area contributed by atoms with Gasteiger partial charge in [0, 0.05) is 38.9 Å². The highest BCUT2D eigenvalue weighted by Gasteiger charge is 2.28. The van der Waals surface area contributed by atoms with E-state index < -0.39 is 0 Å². The number of amides is 1. The number of rotatable bonds is 0. The van der Waals surface area contributed by atoms with Crippen LogP contribution in [-0.4, -0.2) is 80.1 Å². The minimum Gasteiger partial charge on any atom is -0.377 e. The van der Waals surface area contributed by atoms with Crippen LogP contribution in [0.15, 0.2) is 12.4 Å². The van der Waals surface area contributed by atoms with Crippen molar-refractivity contribution in [2.24, 2.45) is 7.05 Å². The molecule has 0 radical (unpaired) electrons. The van der Waals surface area contributed by atoms with Crippen molar-refractivity contribution in [3.63, 3.8) is 0 Å². The predicted molar refractivity (Wildman–Crippen MR) is 112 cm³/mol. The summed E-state index contributed by atoms with van der Waals surface area (Å²) in [4.78, 5) is 26.1. The van der Waals surface area contributed by atoms with Gasteiger partial charge in [0.1, 0.15) is 16.7 Å². The van der Waals surface area contributed by atoms with E-state index in [4.69, 9.17) is 9.72 Å². The molecule has 2 aliphatic rings. The number of carbonyl (C=O) groups excluding carboxylic acids is 1. The zero-order valence-electron chi connectivity index (χ0n) is 17.1. The molecule has 3 aromatic heterocycles. The summed E-state index contributed by atoms with van der Waals surface area (Å²) in [6, 6.07) is 0.227. The van der Waals surface area contributed by atoms with Crippen LogP contribution < -0.4 is 4.90 Å². The molecule has 1 N–H and O–H groups in total. The molecule has 0 unspecified atom stereocenters. The Balaban J connectivity index is 1.59. The van der Waals surface area contributed by atoms with Gasteiger partial charge in [-0.1, -0.05) is 0 Å². The first-order valence-corrected chi connectivity index (χ1v) is 10.1. The largest absolute Gasteiger partial charge is 0.377 e. The lowest BCUT2D eigenvalue weighted by Crippen LogP contribution is -2.36. The molecule has 10 nitrogen and oxygen atoms in total. The third-order valence-corrected chi connectivity index (χ3v) is 5.66. The van der Waals surface area contributed by atoms with Gasteiger partial charge >= 0.3 is 0 Å². The second kappa shape index (κ2) is 7.52. The number of carbonyl (C=O) groups is 1. The fourth-order valence-electron chi connectivity index (χ4n) is 4.02. The summed E-state index contributed by atoms with van der Waals surface area (Å²) in [7, 11) is 3.57. The molecule has 0 aromatic carbocycles. The molecule has 0 aliphatic carbocycles. The van der Waals surface area contributed by atoms with Crippen LogP contribution in [-0.2, 0) is 11.8 Å². The number of likely N-dealkylation sites (N-methyl/N-ethyl adjacent to an activating group) is 1. The maximum atomic E-state index is 12.9. The van der Waals surface area contributed by atoms with Crippen LogP contribution in [0, 0.1) is 0 Å². The van der Waals surface area contributed by atoms with Gasteiger partial charge in [-0.25, -0.2) is 9.97 Å². The van der Waals surface area contributed by atoms with Crippen molar-refractivity contribution < 1.29 is 9.53 Å². The lowest BCUT2D eigenvalue weighted by atomic mass is 10.2. The molecule has 3 aromatic rings. The van der Waals surface area contributed by atoms with Crippen molar-refractivity contribution in [3.8, 4) is 0 Å². The molecule has 1 saturated heterocycles. The van der Waals surface area contributed by atoms with Crippen LogP contribution in [0.25, 0.3) is 23.2 Å². The van der Waals surface area contributed by atoms with E-state index in [2.05, 4.69) is 25.2 Å². The number of nitrogens with one attached hydrogen (secondary N) is 1. The third-order valence-electron chi connectivity index (χ3n) is 5.66. The molecule has 0 saturated carbocycles. The molecule has 1 atom stereocenters. The van der Waals surface area contributed by atoms with E-state index >= 15 is 0 Å². The van der Waals surface area contributed by atoms with E-state index in [-0.39, 0.29) is 11.9 Å². The fourth-order valence-corrected chi connectivity index (χ4v) is 4.02. The monoisotopic (exact) mass is 408 g/mol. The summed E-state index contributed by atoms with van der Waals surface area (Å²) in [5, 5.41) is 11.7. The van der Waals surface area contributed by atoms with Gasteiger partial charge in [-0.2, -0.15) is 10.2 Å². The van der Waals surface area contributed by atoms with Crippen LogP contribution >= 0.6 is 0 Å². The van der Waals surface area contributed by atoms with Crippen LogP contribution in [0.3, 0.4) is 0 Å². The van der Waals surface area contributed by atoms with Gasteiger partial charge in [-0.3, -0.25) is 14.6 Å². The maximum absolute atomic E-state index is 12.9. The van der Waals surface area contributed by atoms with E-state index in [9.17, 15) is 4.79 Å². The number of anilines is 1. The number of H-pyrrole nitrogens is 1. The summed E-state index contributed by atoms with van der Waals surface area (Å²) in [5.41, 5.74) is 3.36. The van der Waals surface area contributed by atoms with Crippen LogP contribution in [0.4, 0.5) is 5.95 Å². The fraction of sp³-hybridized carbons (Fsp3) is 0.450. The van der Waals surface area contributed by atoms with Gasteiger partial charge in [-0.05, 0) is 25.0 Å². The van der Waals surface area contributed by atoms with E-state index in [1.165, 1.54) is 0 Å². The molecule has 1 amide bonds. The highest BCUT2D eigenvalue weighted by molar-refractivity contribution is 5.97. The van der Waals surface area contributed by atoms with Crippen molar-refractivity contribution in [2.45, 2.75) is 18.9 Å². The van der Waals surface area contributed by atoms with E-state index in [1.807, 2.05) is 18.3 Å². The molecule has 2 bridgehead atoms. The van der Waals surface area contributed by atoms with Crippen molar-refractivity contribution >= 4 is 35.0 Å². The molecule has 1 fully saturated rings. The molecule has 2 aliphatic heterocycles. The second-order valence-corrected chi connectivity index (χ2v) is 7.77. The summed E-state index contributed by atoms with van der Waals surface area (Å²) >= 11 is 0. The molecular weight excluding hydrogens is 384 g/mol. The van der Waals surface area contributed by atoms with E-state index in [0.717, 1.165) is 36.0 Å². The maximum Gasteiger partial charge on any atom is 0.274 e. The Bertz CT molecular complexity index is 1120. The summed E-state index contributed by atoms with van der Waals surface area (Å²) in [5.74, 6) is 0.566. The SMILES string of the molecule is CN1CCOC[C@H]2CCCN2c2ncc3[nH]nc(c3n2)/C=C/c2cn(C)nc2C1=O. The Morgan fingerprint density at radius 1 is 1.23 bits per heavy atom. The first-order chi connectivity index (χ1) is 14.6. The highest BCUT2D eigenvalue weighted by atomic mass is 16.5. The number of hydrogen-bond acceptors (Lipinski definition) is 7. The Morgan fingerprint density at radius 2 is 2.13 bits per heavy atom. The van der Waals surface area contributed by atoms with Crippen LogP contribution in [0.2, 0.25) is 0 Å². The molecule has 0 spiro atoms. The van der Waals surface area contributed by atoms with Gasteiger partial charge in [0.25, 0.3) is 5.91 Å². The molecule has 156 valence electrons. The second-order valence-electron chi connectivity index (χ2n) is 7.77. The topological polar surface area (TPSA) is 105 Å². The minimum absolute atomic E-state index is 0.134. The highest BCUT2D eigenvalue weighted by Crippen LogP contribution is 2.25. The van der Waals surface area contributed by atoms with Gasteiger partial charge in [-0.15, -0.1) is 0 Å². The number of fused-ring (bicyclic) bond motifs is 4. The van der Waals surface area contributed by atoms with Crippen molar-refractivity contribution in [1.29, 1.82) is 0 Å². The average molecular weight is 408 g/mol. The molecule has 10 heteroatoms. The lowest BCUT2D eigenvalue weighted by molar-refractivity contribution is 0.0671. The zero-order valence-corrected chi connectivity index (χ0v) is 17.1. The first kappa shape index (κ1) is 18.7. The normalized spacial score (nSPS) is 21.3. The number of ether oxygens (including phenoxy) is 1. The van der Waals surface area contributed by atoms with Crippen molar-refractivity contribution in [1.82, 2.24) is 34.8 Å². The third kappa shape index (κ3) is 3.32. The number of aryl methyl sites for hydroxylation is 1. The lowest BCUT2D eigenvalue weighted by Gasteiger charge is -2.25. The van der Waals surface area contributed by atoms with Gasteiger partial charge in [0.15, 0.2) is 5.69 Å². The molecule has 5 heterocycles. The van der Waals surface area contributed by atoms with Gasteiger partial charge in [0.05, 0.1) is 25.5 Å². The van der Waals surface area contributed by atoms with E-state index in [0.29, 0.717) is 37.1 Å². The first-order valence-electron chi connectivity index (χ1n) is 10.1. The van der Waals surface area contributed by atoms with E-state index in [1.54, 1.807) is 29.9 Å². The Morgan fingerprint density at radius 3 is 3.03 bits per heavy atom. The van der Waals surface area contributed by atoms with Crippen molar-refractivity contribution in [3.05, 3.63) is 29.3 Å². The minimum atomic E-state index is -0.134. The molecule has 30 heavy (non-hydrogen) atoms. The molecule has 5 rings (SSSR count). The summed E-state index contributed by atoms with van der Waals surface area (Å²) < 4.78 is 7.56. The number of nitrogens with zero attached hydrogens (tertiary/aromatic N) is 7. The molecular formula is C20H24N8O2. The Labute approximate surface area is 173 Å². The smallest absolute Gasteiger partial charge is 0.274 e. The van der Waals surface area contributed by atoms with Gasteiger partial charge < -0.3 is 14.5 Å². The summed E-state index contributed by atoms with van der Waals surface area (Å²) in [6.07, 6.45) is 9.42. The van der Waals surface area contributed by atoms with Crippen LogP contribution in [0.5, 0.6) is 0 Å². The Hall–Kier alpha value is -3.27. The summed E-state index contributed by atoms with van der Waals surface area (Å²) in [6.45, 7) is 2.45. The quantitative estimate of drug-likeness (QED) is 0.598. The number of hydrogen-bond donors (Lipinski definition) is 1. The number of aromatic amines is 1. The van der Waals surface area contributed by atoms with Crippen LogP contribution in [0.1, 0.15) is 34.6 Å². The zero-order chi connectivity index (χ0) is 20.7. The standard InChI is InChI=1S/C20H24N8O2/c1-26-8-9-30-12-14-4-3-7-28(14)20-21-10-16-18(22-20)15(23-24-16)6-5-13-11-27(2)25-17(13)19(26)29/h5-6,10-11,14H,3-4,7-9,12H2,1-2H3,(H,23,24)/b6-5+/t14-/m1/s1. The number of aromatic nitrogens is 6. The Kier molecular flexibility index (Phi) is 4.70. The predicted octanol–water partition coefficient (Wildman–Crippen LogP) is 1.33. The van der Waals surface area contributed by atoms with Gasteiger partial charge in [0.2, 0.25) is 5.95 Å². The van der Waals surface area contributed by atoms with Crippen molar-refractivity contribution in [2.75, 3.05) is 38.3 Å².